The van der Waals surface area contributed by atoms with Crippen molar-refractivity contribution < 1.29 is 9.59 Å². The lowest BCUT2D eigenvalue weighted by molar-refractivity contribution is -0.131. The predicted molar refractivity (Wildman–Crippen MR) is 81.3 cm³/mol. The fourth-order valence-electron chi connectivity index (χ4n) is 3.10. The molecule has 1 fully saturated rings. The molecule has 1 saturated heterocycles. The third-order valence-corrected chi connectivity index (χ3v) is 4.15. The first-order chi connectivity index (χ1) is 11.1. The van der Waals surface area contributed by atoms with Crippen LogP contribution in [0.2, 0.25) is 0 Å². The highest BCUT2D eigenvalue weighted by atomic mass is 16.2. The van der Waals surface area contributed by atoms with E-state index < -0.39 is 5.54 Å². The van der Waals surface area contributed by atoms with Crippen molar-refractivity contribution in [3.05, 3.63) is 42.2 Å². The molecular formula is C15H18N6O2. The van der Waals surface area contributed by atoms with Gasteiger partial charge in [-0.1, -0.05) is 0 Å². The summed E-state index contributed by atoms with van der Waals surface area (Å²) in [5.74, 6) is -0.544. The minimum absolute atomic E-state index is 0.264. The number of hydrogen-bond donors (Lipinski definition) is 1. The zero-order valence-corrected chi connectivity index (χ0v) is 13.1. The number of likely N-dealkylation sites (tertiary alicyclic amines) is 1. The number of rotatable bonds is 3. The van der Waals surface area contributed by atoms with E-state index in [1.165, 1.54) is 6.20 Å². The number of likely N-dealkylation sites (N-methyl/N-ethyl adjacent to an activating group) is 1. The summed E-state index contributed by atoms with van der Waals surface area (Å²) in [6, 6.07) is 1.64. The van der Waals surface area contributed by atoms with Gasteiger partial charge in [0.05, 0.1) is 11.9 Å². The molecule has 2 amide bonds. The molecule has 0 unspecified atom stereocenters. The van der Waals surface area contributed by atoms with Crippen LogP contribution in [0.4, 0.5) is 0 Å². The van der Waals surface area contributed by atoms with E-state index in [1.54, 1.807) is 48.3 Å². The van der Waals surface area contributed by atoms with Crippen LogP contribution in [0.15, 0.2) is 30.9 Å². The second kappa shape index (κ2) is 5.79. The standard InChI is InChI=1S/C15H18N6O2/c1-16-14(23)15(12-10-17-6-7-18-12)5-3-8-21(15)13(22)11-4-9-20(2)19-11/h4,6-7,9-10H,3,5,8H2,1-2H3,(H,16,23)/t15-/m1/s1. The Hall–Kier alpha value is -2.77. The minimum Gasteiger partial charge on any atom is -0.357 e. The van der Waals surface area contributed by atoms with Gasteiger partial charge in [0.1, 0.15) is 5.69 Å². The summed E-state index contributed by atoms with van der Waals surface area (Å²) in [5.41, 5.74) is -0.356. The van der Waals surface area contributed by atoms with Crippen LogP contribution in [0.1, 0.15) is 29.0 Å². The maximum Gasteiger partial charge on any atom is 0.275 e. The van der Waals surface area contributed by atoms with Crippen molar-refractivity contribution in [3.63, 3.8) is 0 Å². The quantitative estimate of drug-likeness (QED) is 0.866. The highest BCUT2D eigenvalue weighted by Crippen LogP contribution is 2.38. The molecule has 1 aliphatic rings. The summed E-state index contributed by atoms with van der Waals surface area (Å²) in [6.45, 7) is 0.472. The number of hydrogen-bond acceptors (Lipinski definition) is 5. The van der Waals surface area contributed by atoms with Gasteiger partial charge in [-0.3, -0.25) is 24.2 Å². The van der Waals surface area contributed by atoms with Crippen LogP contribution in [-0.4, -0.2) is 50.1 Å². The minimum atomic E-state index is -1.14. The van der Waals surface area contributed by atoms with Crippen molar-refractivity contribution >= 4 is 11.8 Å². The van der Waals surface area contributed by atoms with E-state index in [0.717, 1.165) is 0 Å². The van der Waals surface area contributed by atoms with E-state index in [0.29, 0.717) is 30.8 Å². The molecule has 2 aromatic heterocycles. The Kier molecular flexibility index (Phi) is 3.81. The molecule has 3 rings (SSSR count). The molecule has 3 heterocycles. The van der Waals surface area contributed by atoms with Gasteiger partial charge >= 0.3 is 0 Å². The van der Waals surface area contributed by atoms with Gasteiger partial charge in [-0.2, -0.15) is 5.10 Å². The number of nitrogens with one attached hydrogen (secondary N) is 1. The summed E-state index contributed by atoms with van der Waals surface area (Å²) < 4.78 is 1.56. The second-order valence-electron chi connectivity index (χ2n) is 5.47. The summed E-state index contributed by atoms with van der Waals surface area (Å²) in [6.07, 6.45) is 7.53. The van der Waals surface area contributed by atoms with E-state index >= 15 is 0 Å². The van der Waals surface area contributed by atoms with E-state index in [4.69, 9.17) is 0 Å². The average molecular weight is 314 g/mol. The van der Waals surface area contributed by atoms with E-state index in [-0.39, 0.29) is 11.8 Å². The van der Waals surface area contributed by atoms with Crippen LogP contribution in [-0.2, 0) is 17.4 Å². The normalized spacial score (nSPS) is 20.5. The molecule has 1 N–H and O–H groups in total. The zero-order valence-electron chi connectivity index (χ0n) is 13.1. The van der Waals surface area contributed by atoms with Crippen LogP contribution in [0.3, 0.4) is 0 Å². The van der Waals surface area contributed by atoms with Gasteiger partial charge in [0.2, 0.25) is 0 Å². The topological polar surface area (TPSA) is 93.0 Å². The lowest BCUT2D eigenvalue weighted by Crippen LogP contribution is -2.55. The van der Waals surface area contributed by atoms with Crippen molar-refractivity contribution in [2.75, 3.05) is 13.6 Å². The first kappa shape index (κ1) is 15.1. The lowest BCUT2D eigenvalue weighted by atomic mass is 9.90. The van der Waals surface area contributed by atoms with Crippen molar-refractivity contribution in [2.24, 2.45) is 7.05 Å². The predicted octanol–water partition coefficient (Wildman–Crippen LogP) is 0.0876. The van der Waals surface area contributed by atoms with E-state index in [1.807, 2.05) is 0 Å². The molecule has 0 saturated carbocycles. The van der Waals surface area contributed by atoms with E-state index in [2.05, 4.69) is 20.4 Å². The molecule has 0 radical (unpaired) electrons. The summed E-state index contributed by atoms with van der Waals surface area (Å²) in [5, 5.41) is 6.82. The third kappa shape index (κ3) is 2.36. The molecule has 8 nitrogen and oxygen atoms in total. The Morgan fingerprint density at radius 1 is 1.35 bits per heavy atom. The van der Waals surface area contributed by atoms with Gasteiger partial charge in [-0.15, -0.1) is 0 Å². The highest BCUT2D eigenvalue weighted by Gasteiger charge is 2.52. The fourth-order valence-corrected chi connectivity index (χ4v) is 3.10. The van der Waals surface area contributed by atoms with Gasteiger partial charge in [-0.25, -0.2) is 0 Å². The summed E-state index contributed by atoms with van der Waals surface area (Å²) in [4.78, 5) is 35.5. The van der Waals surface area contributed by atoms with Gasteiger partial charge in [0.25, 0.3) is 11.8 Å². The number of aromatic nitrogens is 4. The third-order valence-electron chi connectivity index (χ3n) is 4.15. The number of nitrogens with zero attached hydrogens (tertiary/aromatic N) is 5. The first-order valence-electron chi connectivity index (χ1n) is 7.40. The molecular weight excluding hydrogens is 296 g/mol. The Bertz CT molecular complexity index is 729. The van der Waals surface area contributed by atoms with Gasteiger partial charge in [0, 0.05) is 39.2 Å². The Labute approximate surface area is 133 Å². The molecule has 120 valence electrons. The second-order valence-corrected chi connectivity index (χ2v) is 5.47. The summed E-state index contributed by atoms with van der Waals surface area (Å²) >= 11 is 0. The van der Waals surface area contributed by atoms with Crippen molar-refractivity contribution in [2.45, 2.75) is 18.4 Å². The molecule has 0 aromatic carbocycles. The van der Waals surface area contributed by atoms with Crippen LogP contribution < -0.4 is 5.32 Å². The smallest absolute Gasteiger partial charge is 0.275 e. The van der Waals surface area contributed by atoms with E-state index in [9.17, 15) is 9.59 Å². The zero-order chi connectivity index (χ0) is 16.4. The first-order valence-corrected chi connectivity index (χ1v) is 7.40. The van der Waals surface area contributed by atoms with Gasteiger partial charge in [0.15, 0.2) is 5.54 Å². The Morgan fingerprint density at radius 2 is 2.17 bits per heavy atom. The van der Waals surface area contributed by atoms with Gasteiger partial charge in [-0.05, 0) is 18.9 Å². The van der Waals surface area contributed by atoms with Crippen molar-refractivity contribution in [1.29, 1.82) is 0 Å². The molecule has 0 bridgehead atoms. The van der Waals surface area contributed by atoms with Gasteiger partial charge < -0.3 is 10.2 Å². The highest BCUT2D eigenvalue weighted by molar-refractivity contribution is 5.98. The Morgan fingerprint density at radius 3 is 2.78 bits per heavy atom. The van der Waals surface area contributed by atoms with Crippen LogP contribution in [0.5, 0.6) is 0 Å². The molecule has 23 heavy (non-hydrogen) atoms. The number of amides is 2. The monoisotopic (exact) mass is 314 g/mol. The lowest BCUT2D eigenvalue weighted by Gasteiger charge is -2.35. The molecule has 1 atom stereocenters. The van der Waals surface area contributed by atoms with Crippen LogP contribution >= 0.6 is 0 Å². The molecule has 1 aliphatic heterocycles. The van der Waals surface area contributed by atoms with Crippen molar-refractivity contribution in [3.8, 4) is 0 Å². The average Bonchev–Trinajstić information content (AvgIpc) is 3.21. The molecule has 0 spiro atoms. The summed E-state index contributed by atoms with van der Waals surface area (Å²) in [7, 11) is 3.30. The molecule has 2 aromatic rings. The fraction of sp³-hybridized carbons (Fsp3) is 0.400. The molecule has 8 heteroatoms. The SMILES string of the molecule is CNC(=O)[C@]1(c2cnccn2)CCCN1C(=O)c1ccn(C)n1. The number of carbonyl (C=O) groups excluding carboxylic acids is 2. The maximum absolute atomic E-state index is 12.9. The maximum atomic E-state index is 12.9. The molecule has 0 aliphatic carbocycles. The number of carbonyl (C=O) groups is 2. The Balaban J connectivity index is 2.07. The van der Waals surface area contributed by atoms with Crippen LogP contribution in [0, 0.1) is 0 Å². The largest absolute Gasteiger partial charge is 0.357 e. The van der Waals surface area contributed by atoms with Crippen LogP contribution in [0.25, 0.3) is 0 Å². The van der Waals surface area contributed by atoms with Crippen molar-refractivity contribution in [1.82, 2.24) is 30.0 Å². The number of aryl methyl sites for hydroxylation is 1.